The molecule has 0 aromatic heterocycles. The molecule has 6 nitrogen and oxygen atoms in total. The molecule has 3 aliphatic rings. The molecule has 0 unspecified atom stereocenters. The third-order valence-corrected chi connectivity index (χ3v) is 7.54. The average molecular weight is 489 g/mol. The van der Waals surface area contributed by atoms with Gasteiger partial charge in [0, 0.05) is 25.3 Å². The Kier molecular flexibility index (Phi) is 5.99. The first-order valence-corrected chi connectivity index (χ1v) is 11.8. The maximum Gasteiger partial charge on any atom is 0.573 e. The Morgan fingerprint density at radius 3 is 2.40 bits per heavy atom. The number of nitrogens with zero attached hydrogens (tertiary/aromatic N) is 1. The van der Waals surface area contributed by atoms with Gasteiger partial charge >= 0.3 is 12.3 Å². The zero-order chi connectivity index (χ0) is 24.8. The highest BCUT2D eigenvalue weighted by atomic mass is 19.4. The van der Waals surface area contributed by atoms with Crippen LogP contribution in [-0.2, 0) is 9.53 Å². The largest absolute Gasteiger partial charge is 0.573 e. The molecule has 3 fully saturated rings. The molecular formula is C26H26F3NO5. The van der Waals surface area contributed by atoms with Crippen LogP contribution in [0.15, 0.2) is 42.5 Å². The second-order valence-corrected chi connectivity index (χ2v) is 9.63. The van der Waals surface area contributed by atoms with Gasteiger partial charge in [0.25, 0.3) is 5.91 Å². The maximum absolute atomic E-state index is 12.9. The lowest BCUT2D eigenvalue weighted by atomic mass is 9.88. The van der Waals surface area contributed by atoms with Crippen LogP contribution in [0.4, 0.5) is 13.2 Å². The number of benzene rings is 2. The Hall–Kier alpha value is -3.07. The standard InChI is InChI=1S/C26H26F3NO5/c27-26(28,29)35-21-8-7-18(24(32)33)14-19(21)16-3-5-17(6-4-16)20-15-25(20)9-11-30(12-10-25)23(31)22-2-1-13-34-22/h3-8,14,20,22H,1-2,9-13,15H2,(H,32,33)/t20-,22-/m1/s1. The van der Waals surface area contributed by atoms with Crippen molar-refractivity contribution in [3.63, 3.8) is 0 Å². The second kappa shape index (κ2) is 8.86. The van der Waals surface area contributed by atoms with Gasteiger partial charge in [0.15, 0.2) is 0 Å². The van der Waals surface area contributed by atoms with Crippen LogP contribution < -0.4 is 4.74 Å². The highest BCUT2D eigenvalue weighted by Crippen LogP contribution is 2.65. The monoisotopic (exact) mass is 489 g/mol. The number of piperidine rings is 1. The number of carbonyl (C=O) groups excluding carboxylic acids is 1. The van der Waals surface area contributed by atoms with Crippen molar-refractivity contribution in [2.75, 3.05) is 19.7 Å². The average Bonchev–Trinajstić information content (AvgIpc) is 3.24. The minimum absolute atomic E-state index is 0.0697. The zero-order valence-electron chi connectivity index (χ0n) is 19.0. The van der Waals surface area contributed by atoms with Gasteiger partial charge in [-0.3, -0.25) is 4.79 Å². The number of likely N-dealkylation sites (tertiary alicyclic amines) is 1. The summed E-state index contributed by atoms with van der Waals surface area (Å²) in [5.74, 6) is -1.24. The quantitative estimate of drug-likeness (QED) is 0.623. The first-order chi connectivity index (χ1) is 16.7. The van der Waals surface area contributed by atoms with E-state index >= 15 is 0 Å². The fourth-order valence-corrected chi connectivity index (χ4v) is 5.52. The van der Waals surface area contributed by atoms with Crippen LogP contribution in [-0.4, -0.2) is 54.0 Å². The highest BCUT2D eigenvalue weighted by Gasteiger charge is 2.55. The lowest BCUT2D eigenvalue weighted by molar-refractivity contribution is -0.274. The Morgan fingerprint density at radius 2 is 1.80 bits per heavy atom. The predicted octanol–water partition coefficient (Wildman–Crippen LogP) is 5.23. The number of carboxylic acids is 1. The van der Waals surface area contributed by atoms with E-state index in [0.29, 0.717) is 31.2 Å². The number of hydrogen-bond donors (Lipinski definition) is 1. The third kappa shape index (κ3) is 4.87. The van der Waals surface area contributed by atoms with Crippen LogP contribution in [0, 0.1) is 5.41 Å². The summed E-state index contributed by atoms with van der Waals surface area (Å²) in [6, 6.07) is 10.5. The van der Waals surface area contributed by atoms with Crippen LogP contribution in [0.25, 0.3) is 11.1 Å². The van der Waals surface area contributed by atoms with E-state index in [1.165, 1.54) is 6.07 Å². The van der Waals surface area contributed by atoms with E-state index < -0.39 is 18.1 Å². The van der Waals surface area contributed by atoms with Crippen molar-refractivity contribution >= 4 is 11.9 Å². The van der Waals surface area contributed by atoms with Crippen LogP contribution in [0.3, 0.4) is 0 Å². The molecule has 2 aliphatic heterocycles. The lowest BCUT2D eigenvalue weighted by Gasteiger charge is -2.34. The molecule has 0 radical (unpaired) electrons. The molecule has 1 amide bonds. The summed E-state index contributed by atoms with van der Waals surface area (Å²) in [4.78, 5) is 25.9. The molecule has 35 heavy (non-hydrogen) atoms. The number of carbonyl (C=O) groups is 2. The number of hydrogen-bond acceptors (Lipinski definition) is 4. The minimum atomic E-state index is -4.89. The first-order valence-electron chi connectivity index (χ1n) is 11.8. The lowest BCUT2D eigenvalue weighted by Crippen LogP contribution is -2.44. The fraction of sp³-hybridized carbons (Fsp3) is 0.462. The maximum atomic E-state index is 12.9. The van der Waals surface area contributed by atoms with E-state index in [1.807, 2.05) is 17.0 Å². The van der Waals surface area contributed by atoms with Gasteiger partial charge < -0.3 is 19.5 Å². The van der Waals surface area contributed by atoms with Gasteiger partial charge in [-0.25, -0.2) is 4.79 Å². The molecule has 2 atom stereocenters. The summed E-state index contributed by atoms with van der Waals surface area (Å²) in [7, 11) is 0. The molecule has 2 aromatic rings. The van der Waals surface area contributed by atoms with Crippen molar-refractivity contribution in [3.8, 4) is 16.9 Å². The van der Waals surface area contributed by atoms with Crippen molar-refractivity contribution in [2.24, 2.45) is 5.41 Å². The van der Waals surface area contributed by atoms with Crippen molar-refractivity contribution in [1.29, 1.82) is 0 Å². The predicted molar refractivity (Wildman–Crippen MR) is 120 cm³/mol. The van der Waals surface area contributed by atoms with Crippen molar-refractivity contribution in [3.05, 3.63) is 53.6 Å². The molecule has 2 aromatic carbocycles. The smallest absolute Gasteiger partial charge is 0.478 e. The van der Waals surface area contributed by atoms with E-state index in [9.17, 15) is 27.9 Å². The van der Waals surface area contributed by atoms with Crippen molar-refractivity contribution in [2.45, 2.75) is 50.5 Å². The Balaban J connectivity index is 1.29. The normalized spacial score (nSPS) is 23.3. The van der Waals surface area contributed by atoms with E-state index in [2.05, 4.69) is 4.74 Å². The molecule has 5 rings (SSSR count). The number of alkyl halides is 3. The highest BCUT2D eigenvalue weighted by molar-refractivity contribution is 5.90. The number of amides is 1. The van der Waals surface area contributed by atoms with Crippen molar-refractivity contribution in [1.82, 2.24) is 4.90 Å². The summed E-state index contributed by atoms with van der Waals surface area (Å²) in [5.41, 5.74) is 1.65. The van der Waals surface area contributed by atoms with Gasteiger partial charge in [0.05, 0.1) is 5.56 Å². The zero-order valence-corrected chi connectivity index (χ0v) is 19.0. The SMILES string of the molecule is O=C(O)c1ccc(OC(F)(F)F)c(-c2ccc([C@H]3CC34CCN(C(=O)[C@H]3CCCO3)CC4)cc2)c1. The van der Waals surface area contributed by atoms with E-state index in [4.69, 9.17) is 4.74 Å². The summed E-state index contributed by atoms with van der Waals surface area (Å²) >= 11 is 0. The van der Waals surface area contributed by atoms with Gasteiger partial charge in [-0.1, -0.05) is 24.3 Å². The molecule has 0 bridgehead atoms. The van der Waals surface area contributed by atoms with E-state index in [0.717, 1.165) is 49.8 Å². The van der Waals surface area contributed by atoms with Crippen LogP contribution in [0.2, 0.25) is 0 Å². The summed E-state index contributed by atoms with van der Waals surface area (Å²) in [6.45, 7) is 2.08. The number of halogens is 3. The van der Waals surface area contributed by atoms with Gasteiger partial charge in [-0.15, -0.1) is 13.2 Å². The molecule has 1 saturated carbocycles. The van der Waals surface area contributed by atoms with E-state index in [-0.39, 0.29) is 28.6 Å². The van der Waals surface area contributed by atoms with Crippen LogP contribution in [0.1, 0.15) is 53.9 Å². The van der Waals surface area contributed by atoms with Gasteiger partial charge in [-0.2, -0.15) is 0 Å². The molecule has 1 aliphatic carbocycles. The number of ether oxygens (including phenoxy) is 2. The molecule has 2 saturated heterocycles. The van der Waals surface area contributed by atoms with Crippen LogP contribution in [0.5, 0.6) is 5.75 Å². The first kappa shape index (κ1) is 23.7. The topological polar surface area (TPSA) is 76.1 Å². The number of carboxylic acid groups (broad SMARTS) is 1. The molecule has 2 heterocycles. The van der Waals surface area contributed by atoms with Gasteiger partial charge in [0.1, 0.15) is 11.9 Å². The Labute approximate surface area is 200 Å². The molecule has 1 spiro atoms. The molecule has 186 valence electrons. The molecule has 1 N–H and O–H groups in total. The molecule has 9 heteroatoms. The summed E-state index contributed by atoms with van der Waals surface area (Å²) in [6.07, 6.45) is -0.607. The van der Waals surface area contributed by atoms with Crippen LogP contribution >= 0.6 is 0 Å². The van der Waals surface area contributed by atoms with Crippen molar-refractivity contribution < 1.29 is 37.3 Å². The minimum Gasteiger partial charge on any atom is -0.478 e. The molecular weight excluding hydrogens is 463 g/mol. The Bertz CT molecular complexity index is 1120. The Morgan fingerprint density at radius 1 is 1.09 bits per heavy atom. The third-order valence-electron chi connectivity index (χ3n) is 7.54. The second-order valence-electron chi connectivity index (χ2n) is 9.63. The summed E-state index contributed by atoms with van der Waals surface area (Å²) < 4.78 is 48.3. The number of aromatic carboxylic acids is 1. The van der Waals surface area contributed by atoms with E-state index in [1.54, 1.807) is 12.1 Å². The van der Waals surface area contributed by atoms with Gasteiger partial charge in [-0.05, 0) is 72.8 Å². The summed E-state index contributed by atoms with van der Waals surface area (Å²) in [5, 5.41) is 9.27. The number of rotatable bonds is 5. The van der Waals surface area contributed by atoms with Gasteiger partial charge in [0.2, 0.25) is 0 Å². The fourth-order valence-electron chi connectivity index (χ4n) is 5.52.